The highest BCUT2D eigenvalue weighted by Crippen LogP contribution is 2.31. The molecule has 168 valence electrons. The molecule has 4 nitrogen and oxygen atoms in total. The van der Waals surface area contributed by atoms with Crippen LogP contribution in [0, 0.1) is 5.82 Å². The number of rotatable bonds is 4. The molecule has 3 aromatic rings. The van der Waals surface area contributed by atoms with Crippen molar-refractivity contribution in [1.82, 2.24) is 15.2 Å². The van der Waals surface area contributed by atoms with E-state index >= 15 is 0 Å². The summed E-state index contributed by atoms with van der Waals surface area (Å²) in [4.78, 5) is 18.3. The number of aromatic nitrogens is 1. The predicted octanol–water partition coefficient (Wildman–Crippen LogP) is 4.97. The number of carbonyl (C=O) groups is 1. The van der Waals surface area contributed by atoms with Gasteiger partial charge in [0.25, 0.3) is 0 Å². The van der Waals surface area contributed by atoms with Crippen LogP contribution in [0.5, 0.6) is 0 Å². The van der Waals surface area contributed by atoms with Gasteiger partial charge in [0, 0.05) is 38.0 Å². The number of piperazine rings is 1. The molecule has 1 unspecified atom stereocenters. The molecule has 1 saturated heterocycles. The topological polar surface area (TPSA) is 45.2 Å². The maximum absolute atomic E-state index is 13.4. The minimum atomic E-state index is -4.30. The molecule has 0 bridgehead atoms. The highest BCUT2D eigenvalue weighted by atomic mass is 19.4. The maximum atomic E-state index is 13.4. The van der Waals surface area contributed by atoms with Gasteiger partial charge in [-0.25, -0.2) is 9.37 Å². The lowest BCUT2D eigenvalue weighted by Gasteiger charge is -2.39. The molecular weight excluding hydrogens is 422 g/mol. The smallest absolute Gasteiger partial charge is 0.304 e. The van der Waals surface area contributed by atoms with E-state index in [9.17, 15) is 22.4 Å². The fraction of sp³-hybridized carbons (Fsp3) is 0.333. The van der Waals surface area contributed by atoms with Crippen LogP contribution in [0.3, 0.4) is 0 Å². The van der Waals surface area contributed by atoms with E-state index in [1.54, 1.807) is 23.1 Å². The molecule has 1 aliphatic heterocycles. The number of Topliss-reactive ketones (excluding diaryl/α,β-unsaturated/α-hetero) is 1. The number of fused-ring (bicyclic) bond motifs is 1. The monoisotopic (exact) mass is 445 g/mol. The number of nitrogens with zero attached hydrogens (tertiary/aromatic N) is 2. The van der Waals surface area contributed by atoms with Gasteiger partial charge in [-0.3, -0.25) is 9.69 Å². The summed E-state index contributed by atoms with van der Waals surface area (Å²) >= 11 is 0. The zero-order valence-corrected chi connectivity index (χ0v) is 17.7. The Hall–Kier alpha value is -2.84. The van der Waals surface area contributed by atoms with Gasteiger partial charge in [-0.1, -0.05) is 24.3 Å². The quantitative estimate of drug-likeness (QED) is 0.455. The second kappa shape index (κ2) is 8.60. The van der Waals surface area contributed by atoms with Gasteiger partial charge in [-0.05, 0) is 47.9 Å². The van der Waals surface area contributed by atoms with Crippen molar-refractivity contribution in [3.8, 4) is 11.1 Å². The molecule has 0 aliphatic carbocycles. The van der Waals surface area contributed by atoms with Crippen LogP contribution in [0.25, 0.3) is 22.0 Å². The Morgan fingerprint density at radius 3 is 2.53 bits per heavy atom. The van der Waals surface area contributed by atoms with Crippen molar-refractivity contribution < 1.29 is 22.4 Å². The second-order valence-electron chi connectivity index (χ2n) is 8.25. The van der Waals surface area contributed by atoms with E-state index in [0.717, 1.165) is 22.1 Å². The molecule has 1 aliphatic rings. The maximum Gasteiger partial charge on any atom is 0.405 e. The number of nitrogens with one attached hydrogen (secondary N) is 1. The van der Waals surface area contributed by atoms with Crippen molar-refractivity contribution in [2.45, 2.75) is 38.7 Å². The second-order valence-corrected chi connectivity index (χ2v) is 8.25. The molecule has 1 N–H and O–H groups in total. The SMILES string of the molecule is CC(=O)c1cc(-c2ccc(F)cc2)c2ccc(CN3CC(C(F)(F)F)NC[C@H]3C)cc2n1. The summed E-state index contributed by atoms with van der Waals surface area (Å²) in [7, 11) is 0. The van der Waals surface area contributed by atoms with Crippen LogP contribution in [0.15, 0.2) is 48.5 Å². The van der Waals surface area contributed by atoms with E-state index in [1.165, 1.54) is 19.1 Å². The summed E-state index contributed by atoms with van der Waals surface area (Å²) in [6, 6.07) is 11.6. The lowest BCUT2D eigenvalue weighted by atomic mass is 9.98. The number of pyridine rings is 1. The van der Waals surface area contributed by atoms with Gasteiger partial charge in [-0.15, -0.1) is 0 Å². The first kappa shape index (κ1) is 22.4. The predicted molar refractivity (Wildman–Crippen MR) is 115 cm³/mol. The Bertz CT molecular complexity index is 1140. The van der Waals surface area contributed by atoms with Gasteiger partial charge in [-0.2, -0.15) is 13.2 Å². The van der Waals surface area contributed by atoms with Gasteiger partial charge < -0.3 is 5.32 Å². The Balaban J connectivity index is 1.70. The highest BCUT2D eigenvalue weighted by Gasteiger charge is 2.43. The third kappa shape index (κ3) is 4.66. The van der Waals surface area contributed by atoms with E-state index in [2.05, 4.69) is 10.3 Å². The normalized spacial score (nSPS) is 19.9. The van der Waals surface area contributed by atoms with E-state index in [-0.39, 0.29) is 36.4 Å². The van der Waals surface area contributed by atoms with Crippen molar-refractivity contribution in [2.75, 3.05) is 13.1 Å². The first-order valence-corrected chi connectivity index (χ1v) is 10.4. The van der Waals surface area contributed by atoms with Crippen LogP contribution in [0.1, 0.15) is 29.9 Å². The first-order valence-electron chi connectivity index (χ1n) is 10.4. The molecule has 0 radical (unpaired) electrons. The Morgan fingerprint density at radius 2 is 1.88 bits per heavy atom. The van der Waals surface area contributed by atoms with Crippen LogP contribution < -0.4 is 5.32 Å². The summed E-state index contributed by atoms with van der Waals surface area (Å²) in [5.74, 6) is -0.562. The highest BCUT2D eigenvalue weighted by molar-refractivity contribution is 6.01. The molecule has 1 fully saturated rings. The van der Waals surface area contributed by atoms with Gasteiger partial charge in [0.15, 0.2) is 5.78 Å². The Morgan fingerprint density at radius 1 is 1.16 bits per heavy atom. The van der Waals surface area contributed by atoms with E-state index in [0.29, 0.717) is 12.1 Å². The third-order valence-electron chi connectivity index (χ3n) is 5.87. The molecule has 2 heterocycles. The molecule has 2 atom stereocenters. The zero-order chi connectivity index (χ0) is 23.0. The van der Waals surface area contributed by atoms with Crippen LogP contribution >= 0.6 is 0 Å². The molecular formula is C24H23F4N3O. The molecule has 0 amide bonds. The van der Waals surface area contributed by atoms with E-state index in [1.807, 2.05) is 25.1 Å². The third-order valence-corrected chi connectivity index (χ3v) is 5.87. The molecule has 0 spiro atoms. The van der Waals surface area contributed by atoms with E-state index in [4.69, 9.17) is 0 Å². The van der Waals surface area contributed by atoms with Gasteiger partial charge >= 0.3 is 6.18 Å². The van der Waals surface area contributed by atoms with Crippen molar-refractivity contribution >= 4 is 16.7 Å². The fourth-order valence-electron chi connectivity index (χ4n) is 4.02. The molecule has 4 rings (SSSR count). The van der Waals surface area contributed by atoms with Crippen molar-refractivity contribution in [2.24, 2.45) is 0 Å². The van der Waals surface area contributed by atoms with Gasteiger partial charge in [0.1, 0.15) is 17.6 Å². The minimum Gasteiger partial charge on any atom is -0.304 e. The number of benzene rings is 2. The summed E-state index contributed by atoms with van der Waals surface area (Å²) in [5, 5.41) is 3.34. The molecule has 2 aromatic carbocycles. The molecule has 1 aromatic heterocycles. The number of alkyl halides is 3. The van der Waals surface area contributed by atoms with Gasteiger partial charge in [0.2, 0.25) is 0 Å². The average molecular weight is 445 g/mol. The van der Waals surface area contributed by atoms with Crippen LogP contribution in [0.2, 0.25) is 0 Å². The average Bonchev–Trinajstić information content (AvgIpc) is 2.74. The largest absolute Gasteiger partial charge is 0.405 e. The fourth-order valence-corrected chi connectivity index (χ4v) is 4.02. The van der Waals surface area contributed by atoms with Crippen LogP contribution in [0.4, 0.5) is 17.6 Å². The molecule has 8 heteroatoms. The summed E-state index contributed by atoms with van der Waals surface area (Å²) < 4.78 is 52.9. The minimum absolute atomic E-state index is 0.0596. The number of halogens is 4. The lowest BCUT2D eigenvalue weighted by Crippen LogP contribution is -2.60. The number of carbonyl (C=O) groups excluding carboxylic acids is 1. The Labute approximate surface area is 183 Å². The summed E-state index contributed by atoms with van der Waals surface area (Å²) in [5.41, 5.74) is 3.16. The number of ketones is 1. The number of hydrogen-bond acceptors (Lipinski definition) is 4. The zero-order valence-electron chi connectivity index (χ0n) is 17.7. The first-order chi connectivity index (χ1) is 15.1. The van der Waals surface area contributed by atoms with Crippen LogP contribution in [-0.4, -0.2) is 47.0 Å². The van der Waals surface area contributed by atoms with E-state index < -0.39 is 12.2 Å². The van der Waals surface area contributed by atoms with Crippen molar-refractivity contribution in [1.29, 1.82) is 0 Å². The van der Waals surface area contributed by atoms with Crippen LogP contribution in [-0.2, 0) is 6.54 Å². The summed E-state index contributed by atoms with van der Waals surface area (Å²) in [6.45, 7) is 3.76. The van der Waals surface area contributed by atoms with Crippen molar-refractivity contribution in [3.63, 3.8) is 0 Å². The standard InChI is InChI=1S/C24H23F4N3O/c1-14-11-29-23(24(26,27)28)13-31(14)12-16-3-8-19-20(17-4-6-18(25)7-5-17)10-21(15(2)32)30-22(19)9-16/h3-10,14,23,29H,11-13H2,1-2H3/t14-,23?/m1/s1. The van der Waals surface area contributed by atoms with Gasteiger partial charge in [0.05, 0.1) is 5.52 Å². The Kier molecular flexibility index (Phi) is 6.01. The van der Waals surface area contributed by atoms with Crippen molar-refractivity contribution in [3.05, 3.63) is 65.6 Å². The molecule has 32 heavy (non-hydrogen) atoms. The number of hydrogen-bond donors (Lipinski definition) is 1. The summed E-state index contributed by atoms with van der Waals surface area (Å²) in [6.07, 6.45) is -4.30. The lowest BCUT2D eigenvalue weighted by molar-refractivity contribution is -0.168. The molecule has 0 saturated carbocycles.